The lowest BCUT2D eigenvalue weighted by atomic mass is 9.68. The van der Waals surface area contributed by atoms with Crippen LogP contribution in [-0.2, 0) is 14.4 Å². The molecule has 6 unspecified atom stereocenters. The maximum Gasteiger partial charge on any atom is 0.305 e. The van der Waals surface area contributed by atoms with Gasteiger partial charge in [-0.3, -0.25) is 29.1 Å². The summed E-state index contributed by atoms with van der Waals surface area (Å²) < 4.78 is 0. The molecular formula is C30H24N4O4S2. The Bertz CT molecular complexity index is 1760. The number of benzene rings is 2. The maximum atomic E-state index is 13.8. The average Bonchev–Trinajstić information content (AvgIpc) is 3.70. The summed E-state index contributed by atoms with van der Waals surface area (Å²) in [6.07, 6.45) is 4.39. The normalized spacial score (nSPS) is 29.9. The van der Waals surface area contributed by atoms with Crippen LogP contribution in [0, 0.1) is 29.6 Å². The Hall–Kier alpha value is -3.76. The van der Waals surface area contributed by atoms with Crippen molar-refractivity contribution in [1.82, 2.24) is 14.9 Å². The minimum Gasteiger partial charge on any atom is -0.324 e. The fourth-order valence-electron chi connectivity index (χ4n) is 7.84. The molecule has 3 fully saturated rings. The lowest BCUT2D eigenvalue weighted by molar-refractivity contribution is -0.143. The number of anilines is 1. The Labute approximate surface area is 237 Å². The summed E-state index contributed by atoms with van der Waals surface area (Å²) in [5.74, 6) is -1.63. The van der Waals surface area contributed by atoms with Crippen molar-refractivity contribution in [3.05, 3.63) is 87.1 Å². The minimum absolute atomic E-state index is 0.00522. The summed E-state index contributed by atoms with van der Waals surface area (Å²) in [7, 11) is 0. The van der Waals surface area contributed by atoms with Gasteiger partial charge in [0.15, 0.2) is 0 Å². The van der Waals surface area contributed by atoms with Crippen LogP contribution in [0.3, 0.4) is 0 Å². The predicted octanol–water partition coefficient (Wildman–Crippen LogP) is 4.10. The van der Waals surface area contributed by atoms with Crippen LogP contribution in [0.25, 0.3) is 10.8 Å². The van der Waals surface area contributed by atoms with Gasteiger partial charge in [-0.15, -0.1) is 11.8 Å². The fraction of sp³-hybridized carbons (Fsp3) is 0.300. The average molecular weight is 569 g/mol. The highest BCUT2D eigenvalue weighted by molar-refractivity contribution is 8.00. The lowest BCUT2D eigenvalue weighted by Gasteiger charge is -2.42. The molecule has 2 aliphatic heterocycles. The van der Waals surface area contributed by atoms with Gasteiger partial charge >= 0.3 is 4.87 Å². The molecule has 4 aromatic rings. The second-order valence-electron chi connectivity index (χ2n) is 11.1. The van der Waals surface area contributed by atoms with Crippen LogP contribution in [0.5, 0.6) is 0 Å². The summed E-state index contributed by atoms with van der Waals surface area (Å²) in [5, 5.41) is 5.80. The zero-order valence-electron chi connectivity index (χ0n) is 21.2. The Morgan fingerprint density at radius 2 is 1.80 bits per heavy atom. The van der Waals surface area contributed by atoms with Crippen LogP contribution in [0.1, 0.15) is 22.8 Å². The largest absolute Gasteiger partial charge is 0.324 e. The summed E-state index contributed by atoms with van der Waals surface area (Å²) in [5.41, 5.74) is 1.69. The van der Waals surface area contributed by atoms with E-state index in [-0.39, 0.29) is 58.1 Å². The third-order valence-corrected chi connectivity index (χ3v) is 11.8. The molecule has 2 N–H and O–H groups in total. The van der Waals surface area contributed by atoms with Crippen molar-refractivity contribution in [2.45, 2.75) is 22.6 Å². The predicted molar refractivity (Wildman–Crippen MR) is 152 cm³/mol. The van der Waals surface area contributed by atoms with Gasteiger partial charge in [0.2, 0.25) is 17.7 Å². The van der Waals surface area contributed by atoms with E-state index in [0.717, 1.165) is 32.7 Å². The zero-order valence-corrected chi connectivity index (χ0v) is 22.8. The van der Waals surface area contributed by atoms with E-state index in [2.05, 4.69) is 15.3 Å². The first-order valence-corrected chi connectivity index (χ1v) is 15.1. The minimum atomic E-state index is -0.430. The van der Waals surface area contributed by atoms with Crippen molar-refractivity contribution in [3.8, 4) is 0 Å². The van der Waals surface area contributed by atoms with E-state index >= 15 is 0 Å². The molecule has 1 saturated heterocycles. The van der Waals surface area contributed by atoms with Gasteiger partial charge in [0.1, 0.15) is 6.54 Å². The lowest BCUT2D eigenvalue weighted by Crippen LogP contribution is -2.42. The highest BCUT2D eigenvalue weighted by Gasteiger charge is 2.69. The smallest absolute Gasteiger partial charge is 0.305 e. The summed E-state index contributed by atoms with van der Waals surface area (Å²) in [4.78, 5) is 62.5. The van der Waals surface area contributed by atoms with E-state index in [1.54, 1.807) is 18.0 Å². The van der Waals surface area contributed by atoms with Gasteiger partial charge in [0, 0.05) is 39.5 Å². The first kappa shape index (κ1) is 24.1. The van der Waals surface area contributed by atoms with Gasteiger partial charge in [-0.05, 0) is 47.3 Å². The molecule has 3 amide bonds. The second-order valence-corrected chi connectivity index (χ2v) is 13.3. The molecule has 200 valence electrons. The first-order valence-electron chi connectivity index (χ1n) is 13.4. The zero-order chi connectivity index (χ0) is 27.1. The van der Waals surface area contributed by atoms with Crippen LogP contribution >= 0.6 is 23.1 Å². The SMILES string of the molecule is O=C(CN1C(=O)C2C3CC(C2C1=O)C1C3Sc2[nH]c(=O)sc2[C@@H]1c1cccnc1)Nc1cccc2ccccc12. The number of nitrogens with one attached hydrogen (secondary N) is 2. The molecule has 8 rings (SSSR count). The number of rotatable bonds is 4. The number of likely N-dealkylation sites (tertiary alicyclic amines) is 1. The molecule has 2 bridgehead atoms. The molecule has 2 saturated carbocycles. The van der Waals surface area contributed by atoms with Gasteiger partial charge in [0.05, 0.1) is 16.9 Å². The number of nitrogens with zero attached hydrogens (tertiary/aromatic N) is 2. The number of thioether (sulfide) groups is 1. The second kappa shape index (κ2) is 8.87. The molecule has 8 nitrogen and oxygen atoms in total. The van der Waals surface area contributed by atoms with E-state index in [4.69, 9.17) is 0 Å². The van der Waals surface area contributed by atoms with Gasteiger partial charge < -0.3 is 10.3 Å². The number of H-pyrrole nitrogens is 1. The number of aromatic nitrogens is 2. The quantitative estimate of drug-likeness (QED) is 0.359. The van der Waals surface area contributed by atoms with E-state index in [9.17, 15) is 19.2 Å². The monoisotopic (exact) mass is 568 g/mol. The molecule has 2 aromatic heterocycles. The van der Waals surface area contributed by atoms with Crippen molar-refractivity contribution in [1.29, 1.82) is 0 Å². The summed E-state index contributed by atoms with van der Waals surface area (Å²) in [6, 6.07) is 17.4. The fourth-order valence-corrected chi connectivity index (χ4v) is 10.7. The highest BCUT2D eigenvalue weighted by atomic mass is 32.2. The number of imide groups is 1. The number of pyridine rings is 1. The van der Waals surface area contributed by atoms with Gasteiger partial charge in [-0.1, -0.05) is 53.8 Å². The topological polar surface area (TPSA) is 112 Å². The Morgan fingerprint density at radius 3 is 2.62 bits per heavy atom. The van der Waals surface area contributed by atoms with Gasteiger partial charge in [-0.2, -0.15) is 0 Å². The Morgan fingerprint density at radius 1 is 1.00 bits per heavy atom. The summed E-state index contributed by atoms with van der Waals surface area (Å²) >= 11 is 2.88. The number of carbonyl (C=O) groups excluding carboxylic acids is 3. The van der Waals surface area contributed by atoms with E-state index in [0.29, 0.717) is 5.69 Å². The van der Waals surface area contributed by atoms with Crippen molar-refractivity contribution < 1.29 is 14.4 Å². The molecule has 7 atom stereocenters. The van der Waals surface area contributed by atoms with Crippen molar-refractivity contribution in [2.24, 2.45) is 29.6 Å². The van der Waals surface area contributed by atoms with Gasteiger partial charge in [0.25, 0.3) is 0 Å². The number of hydrogen-bond acceptors (Lipinski definition) is 7. The standard InChI is InChI=1S/C30H24N4O4S2/c35-20(32-19-9-3-6-14-5-1-2-8-16(14)19)13-34-28(36)23-17-11-18(24(23)29(34)37)25-22(17)21(15-7-4-10-31-12-15)26-27(39-25)33-30(38)40-26/h1-10,12,17-18,21-25H,11,13H2,(H,32,35)(H,33,38)/t17?,18?,21-,22?,23?,24?,25?/m1/s1. The van der Waals surface area contributed by atoms with Gasteiger partial charge in [-0.25, -0.2) is 0 Å². The molecule has 2 aliphatic carbocycles. The molecule has 40 heavy (non-hydrogen) atoms. The van der Waals surface area contributed by atoms with Crippen LogP contribution < -0.4 is 10.2 Å². The number of thiazole rings is 1. The number of carbonyl (C=O) groups is 3. The Kier molecular flexibility index (Phi) is 5.34. The van der Waals surface area contributed by atoms with E-state index in [1.807, 2.05) is 60.8 Å². The molecule has 0 spiro atoms. The van der Waals surface area contributed by atoms with Crippen LogP contribution in [0.15, 0.2) is 76.8 Å². The Balaban J connectivity index is 1.09. The van der Waals surface area contributed by atoms with E-state index in [1.165, 1.54) is 16.2 Å². The maximum absolute atomic E-state index is 13.8. The third kappa shape index (κ3) is 3.42. The molecule has 10 heteroatoms. The number of aromatic amines is 1. The molecular weight excluding hydrogens is 544 g/mol. The van der Waals surface area contributed by atoms with E-state index < -0.39 is 11.8 Å². The highest BCUT2D eigenvalue weighted by Crippen LogP contribution is 2.68. The molecule has 4 heterocycles. The third-order valence-electron chi connectivity index (χ3n) is 9.22. The molecule has 0 radical (unpaired) electrons. The number of hydrogen-bond donors (Lipinski definition) is 2. The number of fused-ring (bicyclic) bond motifs is 10. The summed E-state index contributed by atoms with van der Waals surface area (Å²) in [6.45, 7) is -0.289. The number of amides is 3. The molecule has 2 aromatic carbocycles. The van der Waals surface area contributed by atoms with Crippen LogP contribution in [0.2, 0.25) is 0 Å². The molecule has 4 aliphatic rings. The van der Waals surface area contributed by atoms with Crippen molar-refractivity contribution in [3.63, 3.8) is 0 Å². The first-order chi connectivity index (χ1) is 19.5. The van der Waals surface area contributed by atoms with Crippen LogP contribution in [-0.4, -0.2) is 44.4 Å². The van der Waals surface area contributed by atoms with Crippen LogP contribution in [0.4, 0.5) is 5.69 Å². The van der Waals surface area contributed by atoms with Crippen molar-refractivity contribution in [2.75, 3.05) is 11.9 Å². The van der Waals surface area contributed by atoms with Crippen molar-refractivity contribution >= 4 is 57.3 Å².